The van der Waals surface area contributed by atoms with Gasteiger partial charge in [-0.25, -0.2) is 13.1 Å². The third kappa shape index (κ3) is 6.51. The molecule has 0 aliphatic rings. The van der Waals surface area contributed by atoms with E-state index in [0.717, 1.165) is 17.5 Å². The smallest absolute Gasteiger partial charge is 0.211 e. The first-order valence-corrected chi connectivity index (χ1v) is 9.89. The highest BCUT2D eigenvalue weighted by molar-refractivity contribution is 7.89. The lowest BCUT2D eigenvalue weighted by atomic mass is 10.1. The van der Waals surface area contributed by atoms with E-state index in [9.17, 15) is 8.42 Å². The highest BCUT2D eigenvalue weighted by Gasteiger charge is 2.09. The summed E-state index contributed by atoms with van der Waals surface area (Å²) in [7, 11) is -3.27. The highest BCUT2D eigenvalue weighted by Crippen LogP contribution is 2.20. The monoisotopic (exact) mass is 367 g/mol. The Kier molecular flexibility index (Phi) is 7.09. The van der Waals surface area contributed by atoms with E-state index in [4.69, 9.17) is 16.3 Å². The number of benzene rings is 2. The van der Waals surface area contributed by atoms with Crippen molar-refractivity contribution in [2.24, 2.45) is 0 Å². The summed E-state index contributed by atoms with van der Waals surface area (Å²) in [5.74, 6) is 0.794. The van der Waals surface area contributed by atoms with E-state index in [1.165, 1.54) is 0 Å². The lowest BCUT2D eigenvalue weighted by Crippen LogP contribution is -2.30. The third-order valence-electron chi connectivity index (χ3n) is 3.54. The van der Waals surface area contributed by atoms with Crippen LogP contribution >= 0.6 is 11.6 Å². The van der Waals surface area contributed by atoms with Crippen molar-refractivity contribution in [2.75, 3.05) is 18.9 Å². The molecule has 0 aliphatic heterocycles. The summed E-state index contributed by atoms with van der Waals surface area (Å²) in [6, 6.07) is 15.2. The Balaban J connectivity index is 1.67. The van der Waals surface area contributed by atoms with E-state index in [-0.39, 0.29) is 18.9 Å². The minimum atomic E-state index is -3.27. The Morgan fingerprint density at radius 1 is 1.12 bits per heavy atom. The molecule has 0 aliphatic carbocycles. The van der Waals surface area contributed by atoms with Crippen molar-refractivity contribution in [3.63, 3.8) is 0 Å². The van der Waals surface area contributed by atoms with E-state index in [0.29, 0.717) is 17.2 Å². The predicted molar refractivity (Wildman–Crippen MR) is 98.2 cm³/mol. The van der Waals surface area contributed by atoms with Crippen LogP contribution in [0.15, 0.2) is 48.5 Å². The molecule has 0 fully saturated rings. The van der Waals surface area contributed by atoms with Crippen LogP contribution in [-0.2, 0) is 16.4 Å². The second-order valence-corrected chi connectivity index (χ2v) is 7.90. The van der Waals surface area contributed by atoms with Crippen molar-refractivity contribution in [1.29, 1.82) is 0 Å². The van der Waals surface area contributed by atoms with Gasteiger partial charge < -0.3 is 4.74 Å². The molecule has 0 spiro atoms. The number of ether oxygens (including phenoxy) is 1. The summed E-state index contributed by atoms with van der Waals surface area (Å²) in [5.41, 5.74) is 2.07. The van der Waals surface area contributed by atoms with E-state index in [2.05, 4.69) is 4.72 Å². The summed E-state index contributed by atoms with van der Waals surface area (Å²) in [6.45, 7) is 2.42. The molecule has 0 radical (unpaired) electrons. The van der Waals surface area contributed by atoms with E-state index < -0.39 is 10.0 Å². The molecule has 4 nitrogen and oxygen atoms in total. The highest BCUT2D eigenvalue weighted by atomic mass is 35.5. The zero-order valence-corrected chi connectivity index (χ0v) is 15.2. The molecule has 0 amide bonds. The molecule has 0 saturated carbocycles. The number of aryl methyl sites for hydroxylation is 2. The SMILES string of the molecule is Cc1cc(OCCNS(=O)(=O)CCCc2ccccc2)ccc1Cl. The van der Waals surface area contributed by atoms with Gasteiger partial charge in [-0.2, -0.15) is 0 Å². The second kappa shape index (κ2) is 9.06. The number of nitrogens with one attached hydrogen (secondary N) is 1. The fraction of sp³-hybridized carbons (Fsp3) is 0.333. The first-order valence-electron chi connectivity index (χ1n) is 7.86. The zero-order chi connectivity index (χ0) is 17.4. The number of hydrogen-bond acceptors (Lipinski definition) is 3. The van der Waals surface area contributed by atoms with E-state index in [1.54, 1.807) is 12.1 Å². The largest absolute Gasteiger partial charge is 0.492 e. The van der Waals surface area contributed by atoms with E-state index in [1.807, 2.05) is 43.3 Å². The van der Waals surface area contributed by atoms with Gasteiger partial charge in [0.05, 0.1) is 5.75 Å². The van der Waals surface area contributed by atoms with Crippen molar-refractivity contribution in [3.8, 4) is 5.75 Å². The summed E-state index contributed by atoms with van der Waals surface area (Å²) >= 11 is 5.95. The fourth-order valence-electron chi connectivity index (χ4n) is 2.26. The molecular weight excluding hydrogens is 346 g/mol. The Hall–Kier alpha value is -1.56. The van der Waals surface area contributed by atoms with Gasteiger partial charge in [-0.3, -0.25) is 0 Å². The quantitative estimate of drug-likeness (QED) is 0.689. The van der Waals surface area contributed by atoms with Crippen molar-refractivity contribution in [2.45, 2.75) is 19.8 Å². The Labute approximate surface area is 148 Å². The summed E-state index contributed by atoms with van der Waals surface area (Å²) in [4.78, 5) is 0. The van der Waals surface area contributed by atoms with Crippen molar-refractivity contribution in [3.05, 3.63) is 64.7 Å². The van der Waals surface area contributed by atoms with Crippen LogP contribution in [0.25, 0.3) is 0 Å². The second-order valence-electron chi connectivity index (χ2n) is 5.56. The van der Waals surface area contributed by atoms with Crippen LogP contribution in [0.3, 0.4) is 0 Å². The van der Waals surface area contributed by atoms with Crippen LogP contribution < -0.4 is 9.46 Å². The fourth-order valence-corrected chi connectivity index (χ4v) is 3.44. The lowest BCUT2D eigenvalue weighted by Gasteiger charge is -2.09. The zero-order valence-electron chi connectivity index (χ0n) is 13.7. The predicted octanol–water partition coefficient (Wildman–Crippen LogP) is 3.58. The van der Waals surface area contributed by atoms with Crippen LogP contribution in [0.4, 0.5) is 0 Å². The standard InChI is InChI=1S/C18H22ClNO3S/c1-15-14-17(9-10-18(15)19)23-12-11-20-24(21,22)13-5-8-16-6-3-2-4-7-16/h2-4,6-7,9-10,14,20H,5,8,11-13H2,1H3. The topological polar surface area (TPSA) is 55.4 Å². The Morgan fingerprint density at radius 3 is 2.58 bits per heavy atom. The van der Waals surface area contributed by atoms with Crippen molar-refractivity contribution < 1.29 is 13.2 Å². The molecule has 0 saturated heterocycles. The van der Waals surface area contributed by atoms with Gasteiger partial charge in [-0.05, 0) is 49.1 Å². The number of hydrogen-bond donors (Lipinski definition) is 1. The Bertz CT molecular complexity index is 748. The lowest BCUT2D eigenvalue weighted by molar-refractivity contribution is 0.322. The van der Waals surface area contributed by atoms with Gasteiger partial charge in [0.15, 0.2) is 0 Å². The van der Waals surface area contributed by atoms with Gasteiger partial charge in [0.2, 0.25) is 10.0 Å². The molecule has 6 heteroatoms. The van der Waals surface area contributed by atoms with Crippen LogP contribution in [0.2, 0.25) is 5.02 Å². The summed E-state index contributed by atoms with van der Waals surface area (Å²) in [5, 5.41) is 0.682. The molecule has 0 heterocycles. The maximum atomic E-state index is 11.9. The average Bonchev–Trinajstić information content (AvgIpc) is 2.56. The first kappa shape index (κ1) is 18.8. The molecular formula is C18H22ClNO3S. The molecule has 24 heavy (non-hydrogen) atoms. The maximum absolute atomic E-state index is 11.9. The normalized spacial score (nSPS) is 11.4. The van der Waals surface area contributed by atoms with Gasteiger partial charge in [-0.15, -0.1) is 0 Å². The molecule has 2 aromatic carbocycles. The number of halogens is 1. The minimum absolute atomic E-state index is 0.113. The molecule has 0 aromatic heterocycles. The minimum Gasteiger partial charge on any atom is -0.492 e. The molecule has 2 aromatic rings. The summed E-state index contributed by atoms with van der Waals surface area (Å²) in [6.07, 6.45) is 1.35. The van der Waals surface area contributed by atoms with Gasteiger partial charge in [0.25, 0.3) is 0 Å². The molecule has 0 unspecified atom stereocenters. The molecule has 0 bridgehead atoms. The van der Waals surface area contributed by atoms with Crippen LogP contribution in [0, 0.1) is 6.92 Å². The first-order chi connectivity index (χ1) is 11.5. The number of rotatable bonds is 9. The van der Waals surface area contributed by atoms with Crippen LogP contribution in [0.5, 0.6) is 5.75 Å². The third-order valence-corrected chi connectivity index (χ3v) is 5.44. The van der Waals surface area contributed by atoms with Gasteiger partial charge in [0.1, 0.15) is 12.4 Å². The number of sulfonamides is 1. The maximum Gasteiger partial charge on any atom is 0.211 e. The van der Waals surface area contributed by atoms with Crippen LogP contribution in [0.1, 0.15) is 17.5 Å². The molecule has 2 rings (SSSR count). The van der Waals surface area contributed by atoms with Crippen molar-refractivity contribution >= 4 is 21.6 Å². The van der Waals surface area contributed by atoms with Crippen molar-refractivity contribution in [1.82, 2.24) is 4.72 Å². The van der Waals surface area contributed by atoms with Gasteiger partial charge in [0, 0.05) is 11.6 Å². The molecule has 0 atom stereocenters. The Morgan fingerprint density at radius 2 is 1.88 bits per heavy atom. The molecule has 1 N–H and O–H groups in total. The van der Waals surface area contributed by atoms with Gasteiger partial charge >= 0.3 is 0 Å². The average molecular weight is 368 g/mol. The van der Waals surface area contributed by atoms with E-state index >= 15 is 0 Å². The molecule has 130 valence electrons. The van der Waals surface area contributed by atoms with Gasteiger partial charge in [-0.1, -0.05) is 41.9 Å². The summed E-state index contributed by atoms with van der Waals surface area (Å²) < 4.78 is 32.0. The van der Waals surface area contributed by atoms with Crippen LogP contribution in [-0.4, -0.2) is 27.3 Å².